The van der Waals surface area contributed by atoms with Crippen LogP contribution in [0.15, 0.2) is 79.9 Å². The maximum atomic E-state index is 4.97. The minimum absolute atomic E-state index is 0.776. The Balaban J connectivity index is 0.00000156. The molecular weight excluding hydrogens is 458 g/mol. The van der Waals surface area contributed by atoms with Crippen LogP contribution in [0.1, 0.15) is 36.2 Å². The topological polar surface area (TPSA) is 86.4 Å². The lowest BCUT2D eigenvalue weighted by Crippen LogP contribution is -2.10. The van der Waals surface area contributed by atoms with Crippen molar-refractivity contribution in [1.82, 2.24) is 35.0 Å². The summed E-state index contributed by atoms with van der Waals surface area (Å²) in [6.45, 7) is 10.8. The molecule has 5 heterocycles. The number of fused-ring (bicyclic) bond motifs is 1. The Morgan fingerprint density at radius 2 is 1.89 bits per heavy atom. The van der Waals surface area contributed by atoms with E-state index < -0.39 is 0 Å². The minimum Gasteiger partial charge on any atom is -0.357 e. The van der Waals surface area contributed by atoms with Crippen molar-refractivity contribution in [2.75, 3.05) is 14.1 Å². The van der Waals surface area contributed by atoms with Crippen LogP contribution in [0.25, 0.3) is 39.3 Å². The van der Waals surface area contributed by atoms with Gasteiger partial charge in [0.15, 0.2) is 0 Å². The van der Waals surface area contributed by atoms with Crippen molar-refractivity contribution in [2.45, 2.75) is 27.3 Å². The van der Waals surface area contributed by atoms with E-state index in [1.807, 2.05) is 76.9 Å². The molecular formula is C30H33N7. The first-order valence-electron chi connectivity index (χ1n) is 12.4. The maximum absolute atomic E-state index is 4.97. The van der Waals surface area contributed by atoms with Gasteiger partial charge in [-0.15, -0.1) is 0 Å². The average molecular weight is 492 g/mol. The number of hydrogen-bond acceptors (Lipinski definition) is 5. The van der Waals surface area contributed by atoms with Gasteiger partial charge in [-0.1, -0.05) is 38.6 Å². The van der Waals surface area contributed by atoms with Crippen LogP contribution in [-0.2, 0) is 6.54 Å². The van der Waals surface area contributed by atoms with Gasteiger partial charge < -0.3 is 9.88 Å². The number of nitrogens with zero attached hydrogens (tertiary/aromatic N) is 5. The van der Waals surface area contributed by atoms with E-state index >= 15 is 0 Å². The second-order valence-corrected chi connectivity index (χ2v) is 8.76. The van der Waals surface area contributed by atoms with Crippen molar-refractivity contribution < 1.29 is 0 Å². The van der Waals surface area contributed by atoms with Gasteiger partial charge in [0.25, 0.3) is 0 Å². The Kier molecular flexibility index (Phi) is 8.05. The molecule has 0 atom stereocenters. The molecule has 0 radical (unpaired) electrons. The van der Waals surface area contributed by atoms with Crippen molar-refractivity contribution in [3.63, 3.8) is 0 Å². The monoisotopic (exact) mass is 491 g/mol. The van der Waals surface area contributed by atoms with Crippen LogP contribution in [0.3, 0.4) is 0 Å². The Hall–Kier alpha value is -4.36. The van der Waals surface area contributed by atoms with Gasteiger partial charge in [-0.2, -0.15) is 5.10 Å². The summed E-state index contributed by atoms with van der Waals surface area (Å²) in [7, 11) is 4.09. The molecule has 2 N–H and O–H groups in total. The molecule has 0 aliphatic carbocycles. The number of hydrogen-bond donors (Lipinski definition) is 2. The van der Waals surface area contributed by atoms with Gasteiger partial charge in [0, 0.05) is 53.7 Å². The second-order valence-electron chi connectivity index (χ2n) is 8.76. The molecule has 0 aliphatic rings. The smallest absolute Gasteiger partial charge is 0.135 e. The Labute approximate surface area is 218 Å². The van der Waals surface area contributed by atoms with E-state index in [1.54, 1.807) is 12.3 Å². The largest absolute Gasteiger partial charge is 0.357 e. The SMILES string of the molecule is C=C/C=C(/c1cccnc1)c1cc(-c2n[nH]c3ccc(-c4cncc(CN(C)C)c4)nc23)[nH]c1C.CC. The molecule has 5 aromatic heterocycles. The van der Waals surface area contributed by atoms with Gasteiger partial charge in [-0.25, -0.2) is 4.98 Å². The van der Waals surface area contributed by atoms with Gasteiger partial charge >= 0.3 is 0 Å². The van der Waals surface area contributed by atoms with E-state index in [2.05, 4.69) is 55.7 Å². The summed E-state index contributed by atoms with van der Waals surface area (Å²) in [5, 5.41) is 7.72. The summed E-state index contributed by atoms with van der Waals surface area (Å²) < 4.78 is 0. The molecule has 0 saturated carbocycles. The summed E-state index contributed by atoms with van der Waals surface area (Å²) in [5.41, 5.74) is 10.5. The summed E-state index contributed by atoms with van der Waals surface area (Å²) in [6.07, 6.45) is 11.2. The molecule has 7 nitrogen and oxygen atoms in total. The molecule has 0 saturated heterocycles. The van der Waals surface area contributed by atoms with Crippen LogP contribution >= 0.6 is 0 Å². The standard InChI is InChI=1S/C28H27N7.C2H6/c1-5-7-22(20-8-6-11-29-15-20)23-13-26(31-18(23)2)28-27-25(33-34-28)10-9-24(32-27)21-12-19(14-30-16-21)17-35(3)4;1-2/h5-16,31H,1,17H2,2-4H3,(H,33,34);1-2H3/b22-7-;. The first-order valence-corrected chi connectivity index (χ1v) is 12.4. The predicted molar refractivity (Wildman–Crippen MR) is 152 cm³/mol. The van der Waals surface area contributed by atoms with E-state index in [4.69, 9.17) is 4.98 Å². The predicted octanol–water partition coefficient (Wildman–Crippen LogP) is 6.42. The van der Waals surface area contributed by atoms with E-state index in [0.717, 1.165) is 68.2 Å². The lowest BCUT2D eigenvalue weighted by molar-refractivity contribution is 0.402. The third-order valence-corrected chi connectivity index (χ3v) is 5.81. The fourth-order valence-electron chi connectivity index (χ4n) is 4.27. The minimum atomic E-state index is 0.776. The summed E-state index contributed by atoms with van der Waals surface area (Å²) >= 11 is 0. The van der Waals surface area contributed by atoms with Crippen LogP contribution in [0.5, 0.6) is 0 Å². The molecule has 5 aromatic rings. The van der Waals surface area contributed by atoms with Crippen molar-refractivity contribution in [2.24, 2.45) is 0 Å². The number of pyridine rings is 3. The van der Waals surface area contributed by atoms with Crippen molar-refractivity contribution in [3.05, 3.63) is 102 Å². The highest BCUT2D eigenvalue weighted by molar-refractivity contribution is 5.92. The normalized spacial score (nSPS) is 11.5. The van der Waals surface area contributed by atoms with Crippen LogP contribution in [-0.4, -0.2) is 49.1 Å². The first-order chi connectivity index (χ1) is 18.0. The number of H-pyrrole nitrogens is 2. The number of aromatic nitrogens is 6. The molecule has 7 heteroatoms. The molecule has 37 heavy (non-hydrogen) atoms. The number of aryl methyl sites for hydroxylation is 1. The summed E-state index contributed by atoms with van der Waals surface area (Å²) in [6, 6.07) is 12.2. The van der Waals surface area contributed by atoms with E-state index in [-0.39, 0.29) is 0 Å². The first kappa shape index (κ1) is 25.7. The molecule has 0 spiro atoms. The van der Waals surface area contributed by atoms with Gasteiger partial charge in [-0.3, -0.25) is 15.1 Å². The summed E-state index contributed by atoms with van der Waals surface area (Å²) in [5.74, 6) is 0. The Morgan fingerprint density at radius 3 is 2.62 bits per heavy atom. The van der Waals surface area contributed by atoms with Crippen LogP contribution < -0.4 is 0 Å². The number of nitrogens with one attached hydrogen (secondary N) is 2. The molecule has 0 bridgehead atoms. The number of allylic oxidation sites excluding steroid dienone is 2. The average Bonchev–Trinajstić information content (AvgIpc) is 3.51. The highest BCUT2D eigenvalue weighted by atomic mass is 15.1. The van der Waals surface area contributed by atoms with Crippen molar-refractivity contribution >= 4 is 16.6 Å². The molecule has 0 fully saturated rings. The Bertz CT molecular complexity index is 1520. The molecule has 0 amide bonds. The van der Waals surface area contributed by atoms with Crippen LogP contribution in [0.2, 0.25) is 0 Å². The number of aromatic amines is 2. The zero-order chi connectivity index (χ0) is 26.4. The highest BCUT2D eigenvalue weighted by Crippen LogP contribution is 2.33. The maximum Gasteiger partial charge on any atom is 0.135 e. The van der Waals surface area contributed by atoms with Gasteiger partial charge in [0.05, 0.1) is 16.9 Å². The molecule has 0 aromatic carbocycles. The van der Waals surface area contributed by atoms with E-state index in [0.29, 0.717) is 0 Å². The van der Waals surface area contributed by atoms with Crippen LogP contribution in [0, 0.1) is 6.92 Å². The second kappa shape index (κ2) is 11.6. The zero-order valence-electron chi connectivity index (χ0n) is 22.1. The molecule has 188 valence electrons. The lowest BCUT2D eigenvalue weighted by atomic mass is 9.99. The fraction of sp³-hybridized carbons (Fsp3) is 0.200. The van der Waals surface area contributed by atoms with Gasteiger partial charge in [0.1, 0.15) is 11.2 Å². The lowest BCUT2D eigenvalue weighted by Gasteiger charge is -2.10. The fourth-order valence-corrected chi connectivity index (χ4v) is 4.27. The Morgan fingerprint density at radius 1 is 1.05 bits per heavy atom. The van der Waals surface area contributed by atoms with Crippen LogP contribution in [0.4, 0.5) is 0 Å². The number of rotatable bonds is 7. The molecule has 5 rings (SSSR count). The van der Waals surface area contributed by atoms with E-state index in [9.17, 15) is 0 Å². The van der Waals surface area contributed by atoms with E-state index in [1.165, 1.54) is 0 Å². The highest BCUT2D eigenvalue weighted by Gasteiger charge is 2.17. The summed E-state index contributed by atoms with van der Waals surface area (Å²) in [4.78, 5) is 19.3. The van der Waals surface area contributed by atoms with Crippen molar-refractivity contribution in [1.29, 1.82) is 0 Å². The third-order valence-electron chi connectivity index (χ3n) is 5.81. The molecule has 0 aliphatic heterocycles. The third kappa shape index (κ3) is 5.57. The molecule has 0 unspecified atom stereocenters. The van der Waals surface area contributed by atoms with Crippen molar-refractivity contribution in [3.8, 4) is 22.6 Å². The zero-order valence-corrected chi connectivity index (χ0v) is 22.1. The quantitative estimate of drug-likeness (QED) is 0.256. The van der Waals surface area contributed by atoms with Gasteiger partial charge in [-0.05, 0) is 62.5 Å². The van der Waals surface area contributed by atoms with Gasteiger partial charge in [0.2, 0.25) is 0 Å².